The maximum atomic E-state index is 12.9. The zero-order valence-electron chi connectivity index (χ0n) is 16.6. The summed E-state index contributed by atoms with van der Waals surface area (Å²) in [6, 6.07) is 6.06. The summed E-state index contributed by atoms with van der Waals surface area (Å²) in [4.78, 5) is 17.1. The maximum Gasteiger partial charge on any atom is 0.317 e. The minimum absolute atomic E-state index is 0.00810. The number of ether oxygens (including phenoxy) is 3. The molecule has 0 aromatic heterocycles. The number of methoxy groups -OCH3 is 2. The Morgan fingerprint density at radius 3 is 2.74 bits per heavy atom. The number of rotatable bonds is 6. The first-order valence-electron chi connectivity index (χ1n) is 9.72. The van der Waals surface area contributed by atoms with Crippen molar-refractivity contribution in [3.05, 3.63) is 23.8 Å². The number of nitrogens with zero attached hydrogens (tertiary/aromatic N) is 2. The molecule has 0 radical (unpaired) electrons. The zero-order valence-corrected chi connectivity index (χ0v) is 16.6. The molecule has 1 aromatic rings. The molecule has 2 atom stereocenters. The van der Waals surface area contributed by atoms with E-state index < -0.39 is 0 Å². The van der Waals surface area contributed by atoms with E-state index in [4.69, 9.17) is 14.2 Å². The van der Waals surface area contributed by atoms with Gasteiger partial charge in [-0.2, -0.15) is 0 Å². The summed E-state index contributed by atoms with van der Waals surface area (Å²) in [5, 5.41) is 3.12. The highest BCUT2D eigenvalue weighted by atomic mass is 16.5. The van der Waals surface area contributed by atoms with Gasteiger partial charge in [0.25, 0.3) is 0 Å². The third kappa shape index (κ3) is 4.65. The van der Waals surface area contributed by atoms with Gasteiger partial charge in [-0.25, -0.2) is 4.79 Å². The predicted octanol–water partition coefficient (Wildman–Crippen LogP) is 2.27. The normalized spacial score (nSPS) is 21.7. The summed E-state index contributed by atoms with van der Waals surface area (Å²) in [7, 11) is 3.31. The molecule has 2 aliphatic rings. The highest BCUT2D eigenvalue weighted by molar-refractivity contribution is 5.75. The minimum Gasteiger partial charge on any atom is -0.497 e. The lowest BCUT2D eigenvalue weighted by Gasteiger charge is -2.33. The molecular weight excluding hydrogens is 346 g/mol. The van der Waals surface area contributed by atoms with Crippen molar-refractivity contribution < 1.29 is 19.0 Å². The smallest absolute Gasteiger partial charge is 0.317 e. The van der Waals surface area contributed by atoms with Crippen LogP contribution in [0, 0.1) is 0 Å². The van der Waals surface area contributed by atoms with Gasteiger partial charge in [0.2, 0.25) is 0 Å². The highest BCUT2D eigenvalue weighted by Crippen LogP contribution is 2.38. The maximum absolute atomic E-state index is 12.9. The van der Waals surface area contributed by atoms with E-state index in [9.17, 15) is 4.79 Å². The number of benzene rings is 1. The Morgan fingerprint density at radius 2 is 2.04 bits per heavy atom. The Labute approximate surface area is 161 Å². The van der Waals surface area contributed by atoms with Crippen LogP contribution in [0.5, 0.6) is 11.5 Å². The lowest BCUT2D eigenvalue weighted by atomic mass is 10.0. The number of hydrogen-bond acceptors (Lipinski definition) is 5. The van der Waals surface area contributed by atoms with Crippen LogP contribution in [0.15, 0.2) is 18.2 Å². The van der Waals surface area contributed by atoms with Crippen LogP contribution in [-0.2, 0) is 4.74 Å². The molecule has 7 heteroatoms. The number of likely N-dealkylation sites (tertiary alicyclic amines) is 1. The summed E-state index contributed by atoms with van der Waals surface area (Å²) in [6.45, 7) is 6.91. The van der Waals surface area contributed by atoms with Gasteiger partial charge >= 0.3 is 6.03 Å². The molecule has 2 aliphatic heterocycles. The molecule has 2 fully saturated rings. The standard InChI is InChI=1S/C20H31N3O4/c1-15(22-9-11-27-12-10-22)14-21-20(24)23-8-4-5-18(23)17-13-16(25-2)6-7-19(17)26-3/h6-7,13,15,18H,4-5,8-12,14H2,1-3H3,(H,21,24)/t15-,18+/m1/s1. The Kier molecular flexibility index (Phi) is 6.79. The van der Waals surface area contributed by atoms with Crippen molar-refractivity contribution in [2.75, 3.05) is 53.6 Å². The molecular formula is C20H31N3O4. The second-order valence-corrected chi connectivity index (χ2v) is 7.14. The monoisotopic (exact) mass is 377 g/mol. The van der Waals surface area contributed by atoms with Gasteiger partial charge in [0.05, 0.1) is 33.5 Å². The van der Waals surface area contributed by atoms with Crippen LogP contribution in [0.3, 0.4) is 0 Å². The predicted molar refractivity (Wildman–Crippen MR) is 103 cm³/mol. The summed E-state index contributed by atoms with van der Waals surface area (Å²) in [5.41, 5.74) is 1.01. The fraction of sp³-hybridized carbons (Fsp3) is 0.650. The van der Waals surface area contributed by atoms with Crippen LogP contribution in [0.4, 0.5) is 4.79 Å². The van der Waals surface area contributed by atoms with Gasteiger partial charge in [-0.3, -0.25) is 4.90 Å². The first-order chi connectivity index (χ1) is 13.1. The molecule has 0 aliphatic carbocycles. The van der Waals surface area contributed by atoms with Crippen molar-refractivity contribution in [1.82, 2.24) is 15.1 Å². The second kappa shape index (κ2) is 9.28. The summed E-state index contributed by atoms with van der Waals surface area (Å²) >= 11 is 0. The third-order valence-electron chi connectivity index (χ3n) is 5.53. The Hall–Kier alpha value is -1.99. The first-order valence-corrected chi connectivity index (χ1v) is 9.72. The topological polar surface area (TPSA) is 63.3 Å². The quantitative estimate of drug-likeness (QED) is 0.824. The second-order valence-electron chi connectivity index (χ2n) is 7.14. The van der Waals surface area contributed by atoms with Crippen molar-refractivity contribution in [1.29, 1.82) is 0 Å². The van der Waals surface area contributed by atoms with E-state index in [0.29, 0.717) is 12.6 Å². The molecule has 0 unspecified atom stereocenters. The van der Waals surface area contributed by atoms with Gasteiger partial charge in [-0.05, 0) is 38.0 Å². The van der Waals surface area contributed by atoms with Gasteiger partial charge in [-0.1, -0.05) is 0 Å². The van der Waals surface area contributed by atoms with Gasteiger partial charge < -0.3 is 24.4 Å². The number of carbonyl (C=O) groups excluding carboxylic acids is 1. The average Bonchev–Trinajstić information content (AvgIpc) is 3.21. The Bertz CT molecular complexity index is 634. The highest BCUT2D eigenvalue weighted by Gasteiger charge is 2.32. The van der Waals surface area contributed by atoms with Crippen molar-refractivity contribution >= 4 is 6.03 Å². The van der Waals surface area contributed by atoms with Gasteiger partial charge in [0.15, 0.2) is 0 Å². The Balaban J connectivity index is 1.64. The summed E-state index contributed by atoms with van der Waals surface area (Å²) < 4.78 is 16.3. The average molecular weight is 377 g/mol. The van der Waals surface area contributed by atoms with E-state index >= 15 is 0 Å². The van der Waals surface area contributed by atoms with Crippen molar-refractivity contribution in [2.24, 2.45) is 0 Å². The van der Waals surface area contributed by atoms with E-state index in [-0.39, 0.29) is 12.1 Å². The van der Waals surface area contributed by atoms with Crippen LogP contribution in [0.1, 0.15) is 31.4 Å². The Morgan fingerprint density at radius 1 is 1.26 bits per heavy atom. The molecule has 1 aromatic carbocycles. The van der Waals surface area contributed by atoms with Crippen LogP contribution in [-0.4, -0.2) is 75.5 Å². The molecule has 150 valence electrons. The SMILES string of the molecule is COc1ccc(OC)c([C@@H]2CCCN2C(=O)NC[C@@H](C)N2CCOCC2)c1. The molecule has 0 saturated carbocycles. The number of hydrogen-bond donors (Lipinski definition) is 1. The number of urea groups is 1. The fourth-order valence-corrected chi connectivity index (χ4v) is 3.92. The molecule has 0 spiro atoms. The number of morpholine rings is 1. The third-order valence-corrected chi connectivity index (χ3v) is 5.53. The van der Waals surface area contributed by atoms with E-state index in [1.165, 1.54) is 0 Å². The van der Waals surface area contributed by atoms with Crippen molar-refractivity contribution in [3.63, 3.8) is 0 Å². The largest absolute Gasteiger partial charge is 0.497 e. The lowest BCUT2D eigenvalue weighted by molar-refractivity contribution is 0.0206. The fourth-order valence-electron chi connectivity index (χ4n) is 3.92. The van der Waals surface area contributed by atoms with E-state index in [2.05, 4.69) is 17.1 Å². The van der Waals surface area contributed by atoms with E-state index in [0.717, 1.165) is 62.8 Å². The van der Waals surface area contributed by atoms with E-state index in [1.54, 1.807) is 14.2 Å². The zero-order chi connectivity index (χ0) is 19.2. The minimum atomic E-state index is -0.0116. The molecule has 2 heterocycles. The van der Waals surface area contributed by atoms with Crippen molar-refractivity contribution in [3.8, 4) is 11.5 Å². The van der Waals surface area contributed by atoms with Crippen LogP contribution >= 0.6 is 0 Å². The van der Waals surface area contributed by atoms with E-state index in [1.807, 2.05) is 23.1 Å². The van der Waals surface area contributed by atoms with Gasteiger partial charge in [-0.15, -0.1) is 0 Å². The molecule has 0 bridgehead atoms. The number of nitrogens with one attached hydrogen (secondary N) is 1. The summed E-state index contributed by atoms with van der Waals surface area (Å²) in [6.07, 6.45) is 1.91. The number of amides is 2. The molecule has 3 rings (SSSR count). The lowest BCUT2D eigenvalue weighted by Crippen LogP contribution is -2.49. The van der Waals surface area contributed by atoms with Crippen LogP contribution in [0.2, 0.25) is 0 Å². The van der Waals surface area contributed by atoms with Gasteiger partial charge in [0, 0.05) is 37.8 Å². The summed E-state index contributed by atoms with van der Waals surface area (Å²) in [5.74, 6) is 1.57. The van der Waals surface area contributed by atoms with Crippen molar-refractivity contribution in [2.45, 2.75) is 31.8 Å². The molecule has 1 N–H and O–H groups in total. The molecule has 2 amide bonds. The number of carbonyl (C=O) groups is 1. The molecule has 27 heavy (non-hydrogen) atoms. The van der Waals surface area contributed by atoms with Crippen LogP contribution in [0.25, 0.3) is 0 Å². The molecule has 2 saturated heterocycles. The first kappa shape index (κ1) is 19.8. The molecule has 7 nitrogen and oxygen atoms in total. The van der Waals surface area contributed by atoms with Gasteiger partial charge in [0.1, 0.15) is 11.5 Å². The van der Waals surface area contributed by atoms with Crippen LogP contribution < -0.4 is 14.8 Å².